The van der Waals surface area contributed by atoms with Gasteiger partial charge in [-0.3, -0.25) is 4.68 Å². The maximum Gasteiger partial charge on any atom is 0.101 e. The number of nitrogens with zero attached hydrogens (tertiary/aromatic N) is 2. The van der Waals surface area contributed by atoms with E-state index < -0.39 is 6.10 Å². The van der Waals surface area contributed by atoms with Crippen LogP contribution in [0, 0.1) is 0 Å². The Labute approximate surface area is 110 Å². The van der Waals surface area contributed by atoms with Crippen LogP contribution in [0.1, 0.15) is 17.4 Å². The Morgan fingerprint density at radius 3 is 2.59 bits per heavy atom. The van der Waals surface area contributed by atoms with Crippen LogP contribution in [0.15, 0.2) is 30.5 Å². The number of aliphatic hydroxyl groups is 1. The second kappa shape index (κ2) is 5.08. The van der Waals surface area contributed by atoms with E-state index in [1.165, 1.54) is 6.20 Å². The summed E-state index contributed by atoms with van der Waals surface area (Å²) in [4.78, 5) is 0. The molecule has 1 atom stereocenters. The molecule has 0 bridgehead atoms. The number of aliphatic hydroxyl groups excluding tert-OH is 1. The average molecular weight is 271 g/mol. The molecular weight excluding hydrogens is 259 g/mol. The van der Waals surface area contributed by atoms with Gasteiger partial charge in [-0.1, -0.05) is 41.4 Å². The molecule has 0 aliphatic rings. The normalized spacial score (nSPS) is 12.7. The summed E-state index contributed by atoms with van der Waals surface area (Å²) in [6.45, 7) is 0. The zero-order valence-electron chi connectivity index (χ0n) is 9.27. The first kappa shape index (κ1) is 12.4. The Morgan fingerprint density at radius 1 is 1.29 bits per heavy atom. The van der Waals surface area contributed by atoms with Crippen molar-refractivity contribution in [2.24, 2.45) is 7.05 Å². The lowest BCUT2D eigenvalue weighted by Gasteiger charge is -2.12. The quantitative estimate of drug-likeness (QED) is 0.931. The molecule has 90 valence electrons. The van der Waals surface area contributed by atoms with E-state index in [9.17, 15) is 5.11 Å². The lowest BCUT2D eigenvalue weighted by molar-refractivity contribution is 0.168. The minimum absolute atomic E-state index is 0.416. The number of aromatic nitrogens is 2. The molecule has 1 N–H and O–H groups in total. The van der Waals surface area contributed by atoms with Crippen molar-refractivity contribution in [1.82, 2.24) is 9.78 Å². The zero-order valence-corrected chi connectivity index (χ0v) is 10.8. The number of hydrogen-bond acceptors (Lipinski definition) is 2. The third kappa shape index (κ3) is 2.63. The fraction of sp³-hybridized carbons (Fsp3) is 0.250. The number of hydrogen-bond donors (Lipinski definition) is 1. The van der Waals surface area contributed by atoms with E-state index in [0.29, 0.717) is 22.2 Å². The van der Waals surface area contributed by atoms with Gasteiger partial charge in [0.15, 0.2) is 0 Å². The van der Waals surface area contributed by atoms with Crippen LogP contribution in [0.3, 0.4) is 0 Å². The van der Waals surface area contributed by atoms with E-state index in [-0.39, 0.29) is 0 Å². The minimum atomic E-state index is -0.713. The fourth-order valence-electron chi connectivity index (χ4n) is 1.76. The third-order valence-electron chi connectivity index (χ3n) is 2.62. The predicted octanol–water partition coefficient (Wildman–Crippen LogP) is 3.00. The van der Waals surface area contributed by atoms with Gasteiger partial charge in [0.2, 0.25) is 0 Å². The van der Waals surface area contributed by atoms with Crippen LogP contribution >= 0.6 is 23.2 Å². The van der Waals surface area contributed by atoms with Gasteiger partial charge in [0.25, 0.3) is 0 Å². The number of aryl methyl sites for hydroxylation is 1. The topological polar surface area (TPSA) is 38.0 Å². The largest absolute Gasteiger partial charge is 0.386 e. The molecule has 3 nitrogen and oxygen atoms in total. The predicted molar refractivity (Wildman–Crippen MR) is 68.3 cm³/mol. The van der Waals surface area contributed by atoms with E-state index in [0.717, 1.165) is 5.56 Å². The summed E-state index contributed by atoms with van der Waals surface area (Å²) in [5.41, 5.74) is 1.49. The third-order valence-corrected chi connectivity index (χ3v) is 3.28. The molecule has 0 saturated heterocycles. The first-order valence-corrected chi connectivity index (χ1v) is 5.94. The molecule has 2 rings (SSSR count). The fourth-order valence-corrected chi connectivity index (χ4v) is 2.27. The van der Waals surface area contributed by atoms with Crippen LogP contribution in [0.5, 0.6) is 0 Å². The molecule has 0 aliphatic carbocycles. The number of rotatable bonds is 3. The average Bonchev–Trinajstić information content (AvgIpc) is 2.62. The van der Waals surface area contributed by atoms with Gasteiger partial charge >= 0.3 is 0 Å². The van der Waals surface area contributed by atoms with Crippen molar-refractivity contribution in [3.8, 4) is 0 Å². The van der Waals surface area contributed by atoms with Crippen LogP contribution in [-0.4, -0.2) is 14.9 Å². The lowest BCUT2D eigenvalue weighted by atomic mass is 10.1. The Balaban J connectivity index is 2.23. The molecule has 0 amide bonds. The minimum Gasteiger partial charge on any atom is -0.386 e. The van der Waals surface area contributed by atoms with Gasteiger partial charge in [-0.15, -0.1) is 0 Å². The highest BCUT2D eigenvalue weighted by Crippen LogP contribution is 2.27. The molecule has 0 spiro atoms. The van der Waals surface area contributed by atoms with Crippen molar-refractivity contribution in [3.63, 3.8) is 0 Å². The highest BCUT2D eigenvalue weighted by molar-refractivity contribution is 6.31. The smallest absolute Gasteiger partial charge is 0.101 e. The van der Waals surface area contributed by atoms with Gasteiger partial charge in [0, 0.05) is 18.5 Å². The van der Waals surface area contributed by atoms with E-state index in [1.807, 2.05) is 18.2 Å². The molecule has 2 aromatic rings. The molecule has 1 aromatic heterocycles. The summed E-state index contributed by atoms with van der Waals surface area (Å²) < 4.78 is 1.57. The maximum absolute atomic E-state index is 10.1. The lowest BCUT2D eigenvalue weighted by Crippen LogP contribution is -2.08. The van der Waals surface area contributed by atoms with E-state index in [4.69, 9.17) is 23.2 Å². The van der Waals surface area contributed by atoms with Crippen LogP contribution in [0.4, 0.5) is 0 Å². The van der Waals surface area contributed by atoms with Crippen LogP contribution in [0.25, 0.3) is 0 Å². The van der Waals surface area contributed by atoms with Gasteiger partial charge in [0.05, 0.1) is 16.9 Å². The van der Waals surface area contributed by atoms with Crippen LogP contribution < -0.4 is 0 Å². The van der Waals surface area contributed by atoms with E-state index in [1.54, 1.807) is 17.8 Å². The Morgan fingerprint density at radius 2 is 2.00 bits per heavy atom. The molecule has 0 saturated carbocycles. The Bertz CT molecular complexity index is 505. The van der Waals surface area contributed by atoms with Gasteiger partial charge in [-0.25, -0.2) is 0 Å². The standard InChI is InChI=1S/C12H12Cl2N2O/c1-16-12(10(14)7-15-16)11(17)6-8-4-2-3-5-9(8)13/h2-5,7,11,17H,6H2,1H3. The SMILES string of the molecule is Cn1ncc(Cl)c1C(O)Cc1ccccc1Cl. The van der Waals surface area contributed by atoms with Crippen molar-refractivity contribution in [3.05, 3.63) is 51.8 Å². The van der Waals surface area contributed by atoms with Gasteiger partial charge in [-0.05, 0) is 11.6 Å². The molecule has 0 radical (unpaired) electrons. The van der Waals surface area contributed by atoms with Gasteiger partial charge < -0.3 is 5.11 Å². The monoisotopic (exact) mass is 270 g/mol. The van der Waals surface area contributed by atoms with Gasteiger partial charge in [0.1, 0.15) is 6.10 Å². The molecule has 1 heterocycles. The molecule has 0 aliphatic heterocycles. The Kier molecular flexibility index (Phi) is 3.72. The highest BCUT2D eigenvalue weighted by atomic mass is 35.5. The van der Waals surface area contributed by atoms with Crippen LogP contribution in [-0.2, 0) is 13.5 Å². The summed E-state index contributed by atoms with van der Waals surface area (Å²) in [5.74, 6) is 0. The highest BCUT2D eigenvalue weighted by Gasteiger charge is 2.17. The van der Waals surface area contributed by atoms with Gasteiger partial charge in [-0.2, -0.15) is 5.10 Å². The maximum atomic E-state index is 10.1. The van der Waals surface area contributed by atoms with Crippen molar-refractivity contribution < 1.29 is 5.11 Å². The molecule has 1 unspecified atom stereocenters. The van der Waals surface area contributed by atoms with Crippen molar-refractivity contribution in [2.75, 3.05) is 0 Å². The summed E-state index contributed by atoms with van der Waals surface area (Å²) in [6, 6.07) is 7.43. The second-order valence-corrected chi connectivity index (χ2v) is 4.63. The van der Waals surface area contributed by atoms with E-state index in [2.05, 4.69) is 5.10 Å². The molecule has 5 heteroatoms. The zero-order chi connectivity index (χ0) is 12.4. The molecule has 0 fully saturated rings. The molecule has 17 heavy (non-hydrogen) atoms. The van der Waals surface area contributed by atoms with E-state index >= 15 is 0 Å². The number of benzene rings is 1. The van der Waals surface area contributed by atoms with Crippen molar-refractivity contribution >= 4 is 23.2 Å². The van der Waals surface area contributed by atoms with Crippen LogP contribution in [0.2, 0.25) is 10.0 Å². The number of halogens is 2. The summed E-state index contributed by atoms with van der Waals surface area (Å²) in [6.07, 6.45) is 1.22. The molecular formula is C12H12Cl2N2O. The Hall–Kier alpha value is -1.03. The summed E-state index contributed by atoms with van der Waals surface area (Å²) in [7, 11) is 1.75. The summed E-state index contributed by atoms with van der Waals surface area (Å²) >= 11 is 12.0. The van der Waals surface area contributed by atoms with Crippen molar-refractivity contribution in [2.45, 2.75) is 12.5 Å². The second-order valence-electron chi connectivity index (χ2n) is 3.81. The first-order chi connectivity index (χ1) is 8.09. The molecule has 1 aromatic carbocycles. The van der Waals surface area contributed by atoms with Crippen molar-refractivity contribution in [1.29, 1.82) is 0 Å². The summed E-state index contributed by atoms with van der Waals surface area (Å²) in [5, 5.41) is 15.2. The first-order valence-electron chi connectivity index (χ1n) is 5.18.